The van der Waals surface area contributed by atoms with Gasteiger partial charge in [-0.1, -0.05) is 36.4 Å². The van der Waals surface area contributed by atoms with E-state index in [2.05, 4.69) is 16.1 Å². The molecular formula is C27H24N4O4. The third-order valence-corrected chi connectivity index (χ3v) is 5.03. The molecule has 0 bridgehead atoms. The summed E-state index contributed by atoms with van der Waals surface area (Å²) in [7, 11) is 3.39. The number of benzene rings is 3. The molecule has 0 spiro atoms. The molecule has 0 aliphatic carbocycles. The van der Waals surface area contributed by atoms with Gasteiger partial charge in [-0.25, -0.2) is 4.99 Å². The Balaban J connectivity index is 1.50. The minimum absolute atomic E-state index is 0.103. The summed E-state index contributed by atoms with van der Waals surface area (Å²) < 4.78 is 17.8. The van der Waals surface area contributed by atoms with Crippen LogP contribution >= 0.6 is 0 Å². The number of amidine groups is 1. The first-order chi connectivity index (χ1) is 17.0. The smallest absolute Gasteiger partial charge is 0.320 e. The van der Waals surface area contributed by atoms with Crippen molar-refractivity contribution < 1.29 is 19.0 Å². The highest BCUT2D eigenvalue weighted by atomic mass is 16.5. The Hall–Kier alpha value is -4.64. The highest BCUT2D eigenvalue weighted by molar-refractivity contribution is 5.96. The maximum atomic E-state index is 12.2. The summed E-state index contributed by atoms with van der Waals surface area (Å²) in [6.45, 7) is 0.762. The van der Waals surface area contributed by atoms with Crippen molar-refractivity contribution in [2.24, 2.45) is 9.98 Å². The zero-order valence-corrected chi connectivity index (χ0v) is 19.5. The van der Waals surface area contributed by atoms with Gasteiger partial charge in [0.2, 0.25) is 5.90 Å². The van der Waals surface area contributed by atoms with E-state index >= 15 is 0 Å². The summed E-state index contributed by atoms with van der Waals surface area (Å²) in [5, 5.41) is 9.32. The van der Waals surface area contributed by atoms with Crippen LogP contribution in [0.1, 0.15) is 27.9 Å². The van der Waals surface area contributed by atoms with Crippen LogP contribution in [0.3, 0.4) is 0 Å². The van der Waals surface area contributed by atoms with Gasteiger partial charge in [-0.15, -0.1) is 0 Å². The van der Waals surface area contributed by atoms with Crippen molar-refractivity contribution in [1.29, 1.82) is 5.26 Å². The van der Waals surface area contributed by atoms with Crippen molar-refractivity contribution >= 4 is 17.8 Å². The lowest BCUT2D eigenvalue weighted by atomic mass is 10.2. The lowest BCUT2D eigenvalue weighted by Crippen LogP contribution is -2.22. The quantitative estimate of drug-likeness (QED) is 0.532. The number of rotatable bonds is 6. The number of hydrogen-bond donors (Lipinski definition) is 0. The maximum absolute atomic E-state index is 12.2. The zero-order chi connectivity index (χ0) is 24.6. The predicted molar refractivity (Wildman–Crippen MR) is 132 cm³/mol. The number of nitriles is 1. The van der Waals surface area contributed by atoms with Gasteiger partial charge < -0.3 is 19.1 Å². The van der Waals surface area contributed by atoms with E-state index in [0.29, 0.717) is 53.8 Å². The molecule has 0 atom stereocenters. The molecule has 0 N–H and O–H groups in total. The number of amides is 1. The molecule has 1 aliphatic heterocycles. The monoisotopic (exact) mass is 468 g/mol. The highest BCUT2D eigenvalue weighted by Gasteiger charge is 2.17. The van der Waals surface area contributed by atoms with E-state index in [4.69, 9.17) is 14.2 Å². The highest BCUT2D eigenvalue weighted by Crippen LogP contribution is 2.30. The van der Waals surface area contributed by atoms with Gasteiger partial charge in [0.1, 0.15) is 12.4 Å². The second-order valence-electron chi connectivity index (χ2n) is 7.90. The number of aliphatic imine (C=N–C) groups is 2. The van der Waals surface area contributed by atoms with Crippen molar-refractivity contribution in [3.05, 3.63) is 89.5 Å². The fourth-order valence-electron chi connectivity index (χ4n) is 3.27. The third kappa shape index (κ3) is 6.24. The van der Waals surface area contributed by atoms with Crippen molar-refractivity contribution in [1.82, 2.24) is 4.90 Å². The van der Waals surface area contributed by atoms with Gasteiger partial charge in [-0.3, -0.25) is 4.79 Å². The number of carbonyl (C=O) groups excluding carboxylic acids is 1. The average Bonchev–Trinajstić information content (AvgIpc) is 2.88. The van der Waals surface area contributed by atoms with Crippen LogP contribution in [0.2, 0.25) is 0 Å². The Morgan fingerprint density at radius 2 is 1.83 bits per heavy atom. The molecule has 1 amide bonds. The molecule has 176 valence electrons. The van der Waals surface area contributed by atoms with Gasteiger partial charge in [0.25, 0.3) is 5.91 Å². The molecule has 1 heterocycles. The largest absolute Gasteiger partial charge is 0.485 e. The van der Waals surface area contributed by atoms with Crippen LogP contribution in [0, 0.1) is 11.3 Å². The number of carbonyl (C=O) groups is 1. The van der Waals surface area contributed by atoms with Crippen molar-refractivity contribution in [2.45, 2.75) is 13.0 Å². The summed E-state index contributed by atoms with van der Waals surface area (Å²) in [4.78, 5) is 22.5. The fourth-order valence-corrected chi connectivity index (χ4v) is 3.27. The van der Waals surface area contributed by atoms with E-state index in [-0.39, 0.29) is 11.9 Å². The summed E-state index contributed by atoms with van der Waals surface area (Å²) in [6, 6.07) is 23.8. The van der Waals surface area contributed by atoms with Gasteiger partial charge in [0.15, 0.2) is 11.5 Å². The molecule has 8 heteroatoms. The molecule has 0 radical (unpaired) electrons. The number of hydrogen-bond acceptors (Lipinski definition) is 7. The predicted octanol–water partition coefficient (Wildman–Crippen LogP) is 4.46. The molecule has 3 aromatic rings. The van der Waals surface area contributed by atoms with Crippen LogP contribution in [0.5, 0.6) is 17.2 Å². The Bertz CT molecular complexity index is 1310. The van der Waals surface area contributed by atoms with Crippen LogP contribution in [0.15, 0.2) is 82.8 Å². The van der Waals surface area contributed by atoms with Crippen molar-refractivity contribution in [3.8, 4) is 23.3 Å². The van der Waals surface area contributed by atoms with Crippen LogP contribution in [0.25, 0.3) is 0 Å². The molecule has 0 saturated heterocycles. The average molecular weight is 469 g/mol. The maximum Gasteiger partial charge on any atom is 0.320 e. The van der Waals surface area contributed by atoms with E-state index in [9.17, 15) is 10.1 Å². The summed E-state index contributed by atoms with van der Waals surface area (Å²) in [5.41, 5.74) is 1.94. The Morgan fingerprint density at radius 3 is 2.60 bits per heavy atom. The van der Waals surface area contributed by atoms with Crippen molar-refractivity contribution in [3.63, 3.8) is 0 Å². The van der Waals surface area contributed by atoms with Crippen LogP contribution in [0.4, 0.5) is 0 Å². The summed E-state index contributed by atoms with van der Waals surface area (Å²) in [5.74, 6) is 1.59. The van der Waals surface area contributed by atoms with Gasteiger partial charge >= 0.3 is 6.02 Å². The fraction of sp³-hybridized carbons (Fsp3) is 0.185. The first-order valence-corrected chi connectivity index (χ1v) is 11.0. The van der Waals surface area contributed by atoms with Crippen LogP contribution in [-0.4, -0.2) is 43.4 Å². The first-order valence-electron chi connectivity index (χ1n) is 11.0. The van der Waals surface area contributed by atoms with Gasteiger partial charge in [0.05, 0.1) is 18.2 Å². The molecule has 0 saturated carbocycles. The van der Waals surface area contributed by atoms with E-state index < -0.39 is 0 Å². The number of ether oxygens (including phenoxy) is 3. The van der Waals surface area contributed by atoms with E-state index in [1.807, 2.05) is 30.3 Å². The Kier molecular flexibility index (Phi) is 7.38. The molecule has 8 nitrogen and oxygen atoms in total. The molecule has 35 heavy (non-hydrogen) atoms. The first kappa shape index (κ1) is 23.5. The molecule has 4 rings (SSSR count). The Morgan fingerprint density at radius 1 is 1.00 bits per heavy atom. The molecule has 0 aromatic heterocycles. The van der Waals surface area contributed by atoms with Crippen LogP contribution < -0.4 is 14.2 Å². The summed E-state index contributed by atoms with van der Waals surface area (Å²) in [6.07, 6.45) is 0.480. The minimum atomic E-state index is -0.118. The zero-order valence-electron chi connectivity index (χ0n) is 19.5. The van der Waals surface area contributed by atoms with E-state index in [1.54, 1.807) is 56.6 Å². The summed E-state index contributed by atoms with van der Waals surface area (Å²) >= 11 is 0. The second-order valence-corrected chi connectivity index (χ2v) is 7.90. The van der Waals surface area contributed by atoms with Crippen molar-refractivity contribution in [2.75, 3.05) is 20.6 Å². The normalized spacial score (nSPS) is 12.6. The van der Waals surface area contributed by atoms with E-state index in [1.165, 1.54) is 4.90 Å². The minimum Gasteiger partial charge on any atom is -0.485 e. The van der Waals surface area contributed by atoms with E-state index in [0.717, 1.165) is 5.56 Å². The topological polar surface area (TPSA) is 96.5 Å². The third-order valence-electron chi connectivity index (χ3n) is 5.03. The standard InChI is InChI=1S/C27H24N4O4/c1-31(2)26(32)21-9-6-10-22(16-21)34-25-13-14-29-27(30-25)35-24-15-20(17-28)11-12-23(24)33-18-19-7-4-3-5-8-19/h3-12,15-16H,13-14,18H2,1-2H3. The SMILES string of the molecule is CN(C)C(=O)c1cccc(OC2=NC(Oc3cc(C#N)ccc3OCc3ccccc3)=NCC2)c1. The second kappa shape index (κ2) is 11.0. The molecular weight excluding hydrogens is 444 g/mol. The lowest BCUT2D eigenvalue weighted by molar-refractivity contribution is 0.0827. The van der Waals surface area contributed by atoms with Gasteiger partial charge in [-0.2, -0.15) is 10.3 Å². The molecule has 1 aliphatic rings. The Labute approximate surface area is 203 Å². The molecule has 0 unspecified atom stereocenters. The molecule has 0 fully saturated rings. The van der Waals surface area contributed by atoms with Gasteiger partial charge in [-0.05, 0) is 35.9 Å². The number of nitrogens with zero attached hydrogens (tertiary/aromatic N) is 4. The van der Waals surface area contributed by atoms with Crippen LogP contribution in [-0.2, 0) is 6.61 Å². The molecule has 3 aromatic carbocycles. The lowest BCUT2D eigenvalue weighted by Gasteiger charge is -2.16. The van der Waals surface area contributed by atoms with Gasteiger partial charge in [0, 0.05) is 32.1 Å².